The fourth-order valence-corrected chi connectivity index (χ4v) is 0. The van der Waals surface area contributed by atoms with Crippen molar-refractivity contribution in [3.8, 4) is 0 Å². The van der Waals surface area contributed by atoms with Crippen molar-refractivity contribution in [2.75, 3.05) is 0 Å². The van der Waals surface area contributed by atoms with E-state index in [0.29, 0.717) is 0 Å². The van der Waals surface area contributed by atoms with Crippen LogP contribution in [-0.4, -0.2) is 0 Å². The SMILES string of the molecule is [I-].[I-].[I-].[I-].[K+].[K+].[K+].[K+]. The molecule has 0 radical (unpaired) electrons. The molecule has 0 bridgehead atoms. The van der Waals surface area contributed by atoms with Crippen LogP contribution in [0.3, 0.4) is 0 Å². The third kappa shape index (κ3) is 36.1. The van der Waals surface area contributed by atoms with Crippen molar-refractivity contribution in [2.45, 2.75) is 0 Å². The van der Waals surface area contributed by atoms with E-state index in [1.165, 1.54) is 0 Å². The van der Waals surface area contributed by atoms with Crippen LogP contribution < -0.4 is 301 Å². The van der Waals surface area contributed by atoms with Gasteiger partial charge in [-0.3, -0.25) is 0 Å². The number of hydrogen-bond donors (Lipinski definition) is 0. The van der Waals surface area contributed by atoms with Gasteiger partial charge in [-0.05, 0) is 0 Å². The molecule has 0 saturated heterocycles. The molecule has 0 aliphatic carbocycles. The van der Waals surface area contributed by atoms with Crippen LogP contribution in [0.1, 0.15) is 0 Å². The average molecular weight is 664 g/mol. The molecule has 0 aromatic rings. The minimum atomic E-state index is 0. The van der Waals surface area contributed by atoms with Crippen LogP contribution in [0, 0.1) is 0 Å². The van der Waals surface area contributed by atoms with Gasteiger partial charge in [0.1, 0.15) is 0 Å². The molecular formula is I4K4. The molecule has 0 amide bonds. The summed E-state index contributed by atoms with van der Waals surface area (Å²) in [6.45, 7) is 0. The van der Waals surface area contributed by atoms with Crippen molar-refractivity contribution >= 4 is 0 Å². The average Bonchev–Trinajstić information content (AvgIpc) is 0. The van der Waals surface area contributed by atoms with E-state index in [0.717, 1.165) is 0 Å². The molecule has 0 N–H and O–H groups in total. The van der Waals surface area contributed by atoms with Crippen LogP contribution in [0.2, 0.25) is 0 Å². The summed E-state index contributed by atoms with van der Waals surface area (Å²) in [4.78, 5) is 0. The van der Waals surface area contributed by atoms with Crippen LogP contribution in [-0.2, 0) is 0 Å². The minimum absolute atomic E-state index is 0. The summed E-state index contributed by atoms with van der Waals surface area (Å²) in [6, 6.07) is 0. The zero-order valence-electron chi connectivity index (χ0n) is 5.51. The van der Waals surface area contributed by atoms with Crippen LogP contribution in [0.15, 0.2) is 0 Å². The fourth-order valence-electron chi connectivity index (χ4n) is 0. The van der Waals surface area contributed by atoms with Gasteiger partial charge in [0, 0.05) is 0 Å². The molecule has 0 rings (SSSR count). The first-order valence-corrected chi connectivity index (χ1v) is 0. The predicted octanol–water partition coefficient (Wildman–Crippen LogP) is -24.0. The van der Waals surface area contributed by atoms with Crippen molar-refractivity contribution in [3.63, 3.8) is 0 Å². The van der Waals surface area contributed by atoms with E-state index >= 15 is 0 Å². The van der Waals surface area contributed by atoms with Crippen molar-refractivity contribution in [3.05, 3.63) is 0 Å². The van der Waals surface area contributed by atoms with Gasteiger partial charge in [-0.1, -0.05) is 0 Å². The van der Waals surface area contributed by atoms with Gasteiger partial charge in [-0.2, -0.15) is 0 Å². The van der Waals surface area contributed by atoms with Crippen LogP contribution in [0.25, 0.3) is 0 Å². The number of rotatable bonds is 0. The maximum atomic E-state index is 0. The molecule has 0 nitrogen and oxygen atoms in total. The summed E-state index contributed by atoms with van der Waals surface area (Å²) in [5.41, 5.74) is 0. The van der Waals surface area contributed by atoms with Gasteiger partial charge in [-0.25, -0.2) is 0 Å². The Hall–Kier alpha value is 9.47. The smallest absolute Gasteiger partial charge is 1.00 e. The molecule has 0 atom stereocenters. The second-order valence-corrected chi connectivity index (χ2v) is 0. The van der Waals surface area contributed by atoms with E-state index in [-0.39, 0.29) is 301 Å². The molecular weight excluding hydrogens is 664 g/mol. The van der Waals surface area contributed by atoms with Crippen molar-refractivity contribution < 1.29 is 301 Å². The van der Waals surface area contributed by atoms with E-state index in [4.69, 9.17) is 0 Å². The third-order valence-corrected chi connectivity index (χ3v) is 0. The van der Waals surface area contributed by atoms with Gasteiger partial charge < -0.3 is 95.9 Å². The Balaban J connectivity index is 0. The normalized spacial score (nSPS) is 0. The maximum Gasteiger partial charge on any atom is 1.00 e. The van der Waals surface area contributed by atoms with Crippen LogP contribution in [0.4, 0.5) is 0 Å². The third-order valence-electron chi connectivity index (χ3n) is 0. The zero-order valence-corrected chi connectivity index (χ0v) is 26.6. The molecule has 0 aliphatic heterocycles. The topological polar surface area (TPSA) is 0 Å². The van der Waals surface area contributed by atoms with Crippen molar-refractivity contribution in [1.29, 1.82) is 0 Å². The van der Waals surface area contributed by atoms with Crippen LogP contribution >= 0.6 is 0 Å². The summed E-state index contributed by atoms with van der Waals surface area (Å²) >= 11 is 0. The van der Waals surface area contributed by atoms with Gasteiger partial charge >= 0.3 is 206 Å². The van der Waals surface area contributed by atoms with Crippen molar-refractivity contribution in [1.82, 2.24) is 0 Å². The van der Waals surface area contributed by atoms with Crippen molar-refractivity contribution in [2.24, 2.45) is 0 Å². The molecule has 32 valence electrons. The summed E-state index contributed by atoms with van der Waals surface area (Å²) in [5.74, 6) is 0. The molecule has 0 aromatic heterocycles. The van der Waals surface area contributed by atoms with Gasteiger partial charge in [0.05, 0.1) is 0 Å². The summed E-state index contributed by atoms with van der Waals surface area (Å²) < 4.78 is 0. The Morgan fingerprint density at radius 1 is 0.250 bits per heavy atom. The van der Waals surface area contributed by atoms with E-state index < -0.39 is 0 Å². The Morgan fingerprint density at radius 2 is 0.250 bits per heavy atom. The summed E-state index contributed by atoms with van der Waals surface area (Å²) in [7, 11) is 0. The molecule has 8 heavy (non-hydrogen) atoms. The fraction of sp³-hybridized carbons (Fsp3) is 0. The van der Waals surface area contributed by atoms with Crippen LogP contribution in [0.5, 0.6) is 0 Å². The first kappa shape index (κ1) is 52.8. The molecule has 0 fully saturated rings. The first-order chi connectivity index (χ1) is 0. The van der Waals surface area contributed by atoms with Gasteiger partial charge in [0.2, 0.25) is 0 Å². The van der Waals surface area contributed by atoms with E-state index in [9.17, 15) is 0 Å². The van der Waals surface area contributed by atoms with E-state index in [1.807, 2.05) is 0 Å². The molecule has 0 saturated carbocycles. The molecule has 0 unspecified atom stereocenters. The standard InChI is InChI=1S/4HI.4K/h4*1H;;;;/q;;;;4*+1/p-4. The predicted molar refractivity (Wildman–Crippen MR) is 0 cm³/mol. The molecule has 8 heteroatoms. The first-order valence-electron chi connectivity index (χ1n) is 0. The Bertz CT molecular complexity index is 8.00. The number of hydrogen-bond acceptors (Lipinski definition) is 0. The number of halogens is 4. The van der Waals surface area contributed by atoms with Gasteiger partial charge in [-0.15, -0.1) is 0 Å². The molecule has 0 aromatic carbocycles. The molecule has 0 aliphatic rings. The Labute approximate surface area is 290 Å². The minimum Gasteiger partial charge on any atom is -1.00 e. The summed E-state index contributed by atoms with van der Waals surface area (Å²) in [6.07, 6.45) is 0. The Kier molecular flexibility index (Phi) is 290. The second kappa shape index (κ2) is 44.0. The van der Waals surface area contributed by atoms with E-state index in [1.54, 1.807) is 0 Å². The quantitative estimate of drug-likeness (QED) is 0.179. The Morgan fingerprint density at radius 3 is 0.250 bits per heavy atom. The van der Waals surface area contributed by atoms with Gasteiger partial charge in [0.15, 0.2) is 0 Å². The monoisotopic (exact) mass is 663 g/mol. The zero-order chi connectivity index (χ0) is 0. The van der Waals surface area contributed by atoms with E-state index in [2.05, 4.69) is 0 Å². The van der Waals surface area contributed by atoms with Gasteiger partial charge in [0.25, 0.3) is 0 Å². The largest absolute Gasteiger partial charge is 1.00 e. The maximum absolute atomic E-state index is 0. The molecule has 0 spiro atoms. The molecule has 0 heterocycles. The second-order valence-electron chi connectivity index (χ2n) is 0. The summed E-state index contributed by atoms with van der Waals surface area (Å²) in [5, 5.41) is 0.